The molecule has 1 heterocycles. The number of nitrogens with zero attached hydrogens (tertiary/aromatic N) is 4. The highest BCUT2D eigenvalue weighted by molar-refractivity contribution is 5.43. The molecule has 0 spiro atoms. The Labute approximate surface area is 109 Å². The van der Waals surface area contributed by atoms with Gasteiger partial charge >= 0.3 is 0 Å². The zero-order valence-corrected chi connectivity index (χ0v) is 12.0. The van der Waals surface area contributed by atoms with Crippen molar-refractivity contribution in [2.75, 3.05) is 35.2 Å². The Kier molecular flexibility index (Phi) is 5.61. The maximum absolute atomic E-state index is 4.45. The molecule has 0 saturated carbocycles. The minimum Gasteiger partial charge on any atom is -0.354 e. The molecule has 1 aromatic rings. The predicted octanol–water partition coefficient (Wildman–Crippen LogP) is 1.97. The number of aromatic nitrogens is 3. The molecule has 0 aliphatic carbocycles. The minimum absolute atomic E-state index is 0.298. The van der Waals surface area contributed by atoms with Crippen molar-refractivity contribution in [1.82, 2.24) is 15.0 Å². The molecule has 1 aromatic heterocycles. The molecule has 0 unspecified atom stereocenters. The van der Waals surface area contributed by atoms with Gasteiger partial charge in [0.1, 0.15) is 0 Å². The summed E-state index contributed by atoms with van der Waals surface area (Å²) >= 11 is 0. The number of anilines is 3. The Hall–Kier alpha value is -1.59. The van der Waals surface area contributed by atoms with Crippen molar-refractivity contribution in [2.45, 2.75) is 40.7 Å². The normalized spacial score (nSPS) is 10.6. The van der Waals surface area contributed by atoms with Gasteiger partial charge in [-0.3, -0.25) is 0 Å². The van der Waals surface area contributed by atoms with E-state index < -0.39 is 0 Å². The second-order valence-corrected chi connectivity index (χ2v) is 4.28. The third kappa shape index (κ3) is 4.01. The molecule has 6 nitrogen and oxygen atoms in total. The Bertz CT molecular complexity index is 362. The lowest BCUT2D eigenvalue weighted by atomic mass is 10.4. The highest BCUT2D eigenvalue weighted by Crippen LogP contribution is 2.13. The molecule has 6 heteroatoms. The molecule has 0 bridgehead atoms. The van der Waals surface area contributed by atoms with Crippen molar-refractivity contribution < 1.29 is 0 Å². The van der Waals surface area contributed by atoms with Gasteiger partial charge in [-0.1, -0.05) is 0 Å². The van der Waals surface area contributed by atoms with Crippen LogP contribution < -0.4 is 15.5 Å². The molecule has 2 N–H and O–H groups in total. The lowest BCUT2D eigenvalue weighted by Gasteiger charge is -2.20. The summed E-state index contributed by atoms with van der Waals surface area (Å²) in [4.78, 5) is 15.3. The molecular formula is C12H24N6. The average molecular weight is 252 g/mol. The summed E-state index contributed by atoms with van der Waals surface area (Å²) in [6, 6.07) is 0.298. The lowest BCUT2D eigenvalue weighted by Crippen LogP contribution is -2.26. The molecule has 0 radical (unpaired) electrons. The maximum Gasteiger partial charge on any atom is 0.231 e. The first-order valence-corrected chi connectivity index (χ1v) is 6.62. The molecule has 0 aliphatic heterocycles. The van der Waals surface area contributed by atoms with E-state index in [1.807, 2.05) is 6.92 Å². The average Bonchev–Trinajstić information content (AvgIpc) is 2.30. The molecule has 102 valence electrons. The van der Waals surface area contributed by atoms with Crippen LogP contribution in [0.4, 0.5) is 17.8 Å². The van der Waals surface area contributed by atoms with Crippen molar-refractivity contribution in [3.63, 3.8) is 0 Å². The quantitative estimate of drug-likeness (QED) is 0.773. The van der Waals surface area contributed by atoms with E-state index in [1.54, 1.807) is 0 Å². The molecular weight excluding hydrogens is 228 g/mol. The fourth-order valence-electron chi connectivity index (χ4n) is 1.57. The Morgan fingerprint density at radius 2 is 1.61 bits per heavy atom. The molecule has 1 rings (SSSR count). The van der Waals surface area contributed by atoms with Crippen molar-refractivity contribution in [2.24, 2.45) is 0 Å². The van der Waals surface area contributed by atoms with E-state index in [2.05, 4.69) is 58.2 Å². The minimum atomic E-state index is 0.298. The fourth-order valence-corrected chi connectivity index (χ4v) is 1.57. The van der Waals surface area contributed by atoms with E-state index in [1.165, 1.54) is 0 Å². The van der Waals surface area contributed by atoms with Gasteiger partial charge in [0.15, 0.2) is 0 Å². The van der Waals surface area contributed by atoms with Gasteiger partial charge in [0.2, 0.25) is 17.8 Å². The monoisotopic (exact) mass is 252 g/mol. The standard InChI is InChI=1S/C12H24N6/c1-6-13-10-15-11(14-9(4)5)17-12(16-10)18(7-2)8-3/h9H,6-8H2,1-5H3,(H2,13,14,15,16,17). The number of hydrogen-bond acceptors (Lipinski definition) is 6. The fraction of sp³-hybridized carbons (Fsp3) is 0.750. The smallest absolute Gasteiger partial charge is 0.231 e. The SMILES string of the molecule is CCNc1nc(NC(C)C)nc(N(CC)CC)n1. The van der Waals surface area contributed by atoms with Gasteiger partial charge in [-0.25, -0.2) is 0 Å². The summed E-state index contributed by atoms with van der Waals surface area (Å²) in [5.41, 5.74) is 0. The molecule has 0 fully saturated rings. The molecule has 0 atom stereocenters. The summed E-state index contributed by atoms with van der Waals surface area (Å²) < 4.78 is 0. The van der Waals surface area contributed by atoms with Gasteiger partial charge in [0.05, 0.1) is 0 Å². The van der Waals surface area contributed by atoms with Crippen LogP contribution in [0.1, 0.15) is 34.6 Å². The summed E-state index contributed by atoms with van der Waals surface area (Å²) in [6.07, 6.45) is 0. The van der Waals surface area contributed by atoms with Crippen molar-refractivity contribution >= 4 is 17.8 Å². The third-order valence-corrected chi connectivity index (χ3v) is 2.42. The summed E-state index contributed by atoms with van der Waals surface area (Å²) in [5.74, 6) is 1.96. The van der Waals surface area contributed by atoms with E-state index in [4.69, 9.17) is 0 Å². The van der Waals surface area contributed by atoms with Gasteiger partial charge in [-0.15, -0.1) is 0 Å². The Balaban J connectivity index is 3.04. The van der Waals surface area contributed by atoms with Crippen LogP contribution in [0.25, 0.3) is 0 Å². The van der Waals surface area contributed by atoms with Gasteiger partial charge in [0.25, 0.3) is 0 Å². The molecule has 18 heavy (non-hydrogen) atoms. The highest BCUT2D eigenvalue weighted by atomic mass is 15.3. The Morgan fingerprint density at radius 3 is 2.11 bits per heavy atom. The van der Waals surface area contributed by atoms with E-state index in [9.17, 15) is 0 Å². The van der Waals surface area contributed by atoms with Crippen molar-refractivity contribution in [3.8, 4) is 0 Å². The second kappa shape index (κ2) is 6.98. The van der Waals surface area contributed by atoms with Crippen LogP contribution in [-0.4, -0.2) is 40.6 Å². The molecule has 0 aromatic carbocycles. The third-order valence-electron chi connectivity index (χ3n) is 2.42. The van der Waals surface area contributed by atoms with Gasteiger partial charge in [-0.2, -0.15) is 15.0 Å². The number of rotatable bonds is 7. The van der Waals surface area contributed by atoms with E-state index in [-0.39, 0.29) is 0 Å². The van der Waals surface area contributed by atoms with E-state index in [0.717, 1.165) is 19.6 Å². The van der Waals surface area contributed by atoms with Crippen molar-refractivity contribution in [1.29, 1.82) is 0 Å². The largest absolute Gasteiger partial charge is 0.354 e. The van der Waals surface area contributed by atoms with Crippen molar-refractivity contribution in [3.05, 3.63) is 0 Å². The molecule has 0 saturated heterocycles. The van der Waals surface area contributed by atoms with Crippen LogP contribution in [-0.2, 0) is 0 Å². The Morgan fingerprint density at radius 1 is 1.00 bits per heavy atom. The first kappa shape index (κ1) is 14.5. The van der Waals surface area contributed by atoms with Gasteiger partial charge < -0.3 is 15.5 Å². The number of nitrogens with one attached hydrogen (secondary N) is 2. The van der Waals surface area contributed by atoms with Crippen LogP contribution in [0, 0.1) is 0 Å². The van der Waals surface area contributed by atoms with Gasteiger partial charge in [0, 0.05) is 25.7 Å². The first-order chi connectivity index (χ1) is 8.60. The number of hydrogen-bond donors (Lipinski definition) is 2. The zero-order chi connectivity index (χ0) is 13.5. The zero-order valence-electron chi connectivity index (χ0n) is 12.0. The van der Waals surface area contributed by atoms with Crippen LogP contribution >= 0.6 is 0 Å². The van der Waals surface area contributed by atoms with Crippen LogP contribution in [0.3, 0.4) is 0 Å². The molecule has 0 aliphatic rings. The van der Waals surface area contributed by atoms with Gasteiger partial charge in [-0.05, 0) is 34.6 Å². The summed E-state index contributed by atoms with van der Waals surface area (Å²) in [6.45, 7) is 12.9. The lowest BCUT2D eigenvalue weighted by molar-refractivity contribution is 0.802. The van der Waals surface area contributed by atoms with Crippen LogP contribution in [0.15, 0.2) is 0 Å². The van der Waals surface area contributed by atoms with E-state index >= 15 is 0 Å². The predicted molar refractivity (Wildman–Crippen MR) is 76.3 cm³/mol. The highest BCUT2D eigenvalue weighted by Gasteiger charge is 2.11. The topological polar surface area (TPSA) is 66.0 Å². The first-order valence-electron chi connectivity index (χ1n) is 6.62. The maximum atomic E-state index is 4.45. The van der Waals surface area contributed by atoms with E-state index in [0.29, 0.717) is 23.9 Å². The summed E-state index contributed by atoms with van der Waals surface area (Å²) in [5, 5.41) is 6.35. The van der Waals surface area contributed by atoms with Crippen LogP contribution in [0.5, 0.6) is 0 Å². The molecule has 0 amide bonds. The summed E-state index contributed by atoms with van der Waals surface area (Å²) in [7, 11) is 0. The second-order valence-electron chi connectivity index (χ2n) is 4.28. The van der Waals surface area contributed by atoms with Crippen LogP contribution in [0.2, 0.25) is 0 Å².